The average Bonchev–Trinajstić information content (AvgIpc) is 2.48. The third-order valence-electron chi connectivity index (χ3n) is 3.87. The minimum Gasteiger partial charge on any atom is -0.487 e. The van der Waals surface area contributed by atoms with Crippen molar-refractivity contribution >= 4 is 5.69 Å². The van der Waals surface area contributed by atoms with E-state index in [9.17, 15) is 10.1 Å². The van der Waals surface area contributed by atoms with E-state index in [1.54, 1.807) is 12.1 Å². The van der Waals surface area contributed by atoms with Crippen LogP contribution in [-0.2, 0) is 6.42 Å². The van der Waals surface area contributed by atoms with Crippen LogP contribution in [0.4, 0.5) is 5.69 Å². The van der Waals surface area contributed by atoms with E-state index in [0.717, 1.165) is 31.5 Å². The highest BCUT2D eigenvalue weighted by Gasteiger charge is 2.17. The number of rotatable bonds is 6. The minimum atomic E-state index is -0.362. The first-order chi connectivity index (χ1) is 9.70. The molecule has 110 valence electrons. The van der Waals surface area contributed by atoms with E-state index >= 15 is 0 Å². The molecular weight excluding hydrogens is 256 g/mol. The Bertz CT molecular complexity index is 456. The number of hydrogen-bond acceptors (Lipinski definition) is 4. The molecule has 0 unspecified atom stereocenters. The summed E-state index contributed by atoms with van der Waals surface area (Å²) in [5.74, 6) is 1.06. The number of nitro groups is 1. The first-order valence-corrected chi connectivity index (χ1v) is 7.31. The second-order valence-corrected chi connectivity index (χ2v) is 5.24. The fourth-order valence-corrected chi connectivity index (χ4v) is 2.55. The first kappa shape index (κ1) is 14.8. The summed E-state index contributed by atoms with van der Waals surface area (Å²) in [7, 11) is 0. The van der Waals surface area contributed by atoms with Crippen LogP contribution in [0.5, 0.6) is 5.75 Å². The molecule has 0 saturated carbocycles. The van der Waals surface area contributed by atoms with Gasteiger partial charge in [-0.3, -0.25) is 10.1 Å². The summed E-state index contributed by atoms with van der Waals surface area (Å²) in [5.41, 5.74) is 1.04. The quantitative estimate of drug-likeness (QED) is 0.642. The molecule has 1 saturated heterocycles. The maximum absolute atomic E-state index is 11.1. The molecule has 1 N–H and O–H groups in total. The van der Waals surface area contributed by atoms with Crippen LogP contribution in [0.25, 0.3) is 0 Å². The number of aryl methyl sites for hydroxylation is 1. The molecule has 1 aromatic rings. The zero-order valence-electron chi connectivity index (χ0n) is 11.9. The predicted octanol–water partition coefficient (Wildman–Crippen LogP) is 2.93. The van der Waals surface area contributed by atoms with Gasteiger partial charge in [0.2, 0.25) is 0 Å². The Balaban J connectivity index is 1.92. The van der Waals surface area contributed by atoms with Gasteiger partial charge in [0.1, 0.15) is 0 Å². The molecule has 1 aliphatic rings. The standard InChI is InChI=1S/C15H22N2O3/c1-2-12-3-4-15(14(11-12)17(18)19)20-10-7-13-5-8-16-9-6-13/h3-4,11,13,16H,2,5-10H2,1H3. The lowest BCUT2D eigenvalue weighted by atomic mass is 9.95. The normalized spacial score (nSPS) is 16.1. The van der Waals surface area contributed by atoms with Crippen molar-refractivity contribution in [3.63, 3.8) is 0 Å². The van der Waals surface area contributed by atoms with Crippen molar-refractivity contribution in [3.05, 3.63) is 33.9 Å². The van der Waals surface area contributed by atoms with Crippen LogP contribution in [-0.4, -0.2) is 24.6 Å². The van der Waals surface area contributed by atoms with Gasteiger partial charge in [-0.25, -0.2) is 0 Å². The Morgan fingerprint density at radius 2 is 2.15 bits per heavy atom. The second-order valence-electron chi connectivity index (χ2n) is 5.24. The third kappa shape index (κ3) is 3.93. The number of nitrogens with one attached hydrogen (secondary N) is 1. The van der Waals surface area contributed by atoms with E-state index < -0.39 is 0 Å². The van der Waals surface area contributed by atoms with Gasteiger partial charge in [-0.05, 0) is 56.3 Å². The number of hydrogen-bond donors (Lipinski definition) is 1. The molecule has 0 aromatic heterocycles. The molecule has 1 fully saturated rings. The Morgan fingerprint density at radius 3 is 2.80 bits per heavy atom. The molecular formula is C15H22N2O3. The molecule has 0 amide bonds. The Labute approximate surface area is 119 Å². The van der Waals surface area contributed by atoms with Gasteiger partial charge in [-0.15, -0.1) is 0 Å². The van der Waals surface area contributed by atoms with Crippen molar-refractivity contribution in [3.8, 4) is 5.75 Å². The van der Waals surface area contributed by atoms with E-state index in [2.05, 4.69) is 5.32 Å². The summed E-state index contributed by atoms with van der Waals surface area (Å²) >= 11 is 0. The molecule has 1 aromatic carbocycles. The SMILES string of the molecule is CCc1ccc(OCCC2CCNCC2)c([N+](=O)[O-])c1. The van der Waals surface area contributed by atoms with Crippen LogP contribution in [0.1, 0.15) is 31.7 Å². The van der Waals surface area contributed by atoms with E-state index in [1.807, 2.05) is 13.0 Å². The monoisotopic (exact) mass is 278 g/mol. The smallest absolute Gasteiger partial charge is 0.311 e. The molecule has 0 bridgehead atoms. The van der Waals surface area contributed by atoms with Crippen molar-refractivity contribution in [1.82, 2.24) is 5.32 Å². The Morgan fingerprint density at radius 1 is 1.40 bits per heavy atom. The van der Waals surface area contributed by atoms with Gasteiger partial charge in [-0.2, -0.15) is 0 Å². The van der Waals surface area contributed by atoms with Gasteiger partial charge in [-0.1, -0.05) is 13.0 Å². The molecule has 2 rings (SSSR count). The summed E-state index contributed by atoms with van der Waals surface area (Å²) in [6.45, 7) is 4.67. The van der Waals surface area contributed by atoms with Crippen LogP contribution in [0.3, 0.4) is 0 Å². The fourth-order valence-electron chi connectivity index (χ4n) is 2.55. The molecule has 1 heterocycles. The zero-order valence-corrected chi connectivity index (χ0v) is 11.9. The van der Waals surface area contributed by atoms with Gasteiger partial charge >= 0.3 is 5.69 Å². The first-order valence-electron chi connectivity index (χ1n) is 7.31. The zero-order chi connectivity index (χ0) is 14.4. The molecule has 5 heteroatoms. The molecule has 0 radical (unpaired) electrons. The van der Waals surface area contributed by atoms with E-state index in [1.165, 1.54) is 12.8 Å². The summed E-state index contributed by atoms with van der Waals surface area (Å²) in [4.78, 5) is 10.7. The third-order valence-corrected chi connectivity index (χ3v) is 3.87. The summed E-state index contributed by atoms with van der Waals surface area (Å²) < 4.78 is 5.64. The van der Waals surface area contributed by atoms with E-state index in [4.69, 9.17) is 4.74 Å². The summed E-state index contributed by atoms with van der Waals surface area (Å²) in [5, 5.41) is 14.4. The average molecular weight is 278 g/mol. The van der Waals surface area contributed by atoms with Gasteiger partial charge in [0.15, 0.2) is 5.75 Å². The lowest BCUT2D eigenvalue weighted by Gasteiger charge is -2.22. The fraction of sp³-hybridized carbons (Fsp3) is 0.600. The van der Waals surface area contributed by atoms with Crippen LogP contribution >= 0.6 is 0 Å². The molecule has 1 aliphatic heterocycles. The van der Waals surface area contributed by atoms with Crippen LogP contribution in [0.2, 0.25) is 0 Å². The van der Waals surface area contributed by atoms with Gasteiger partial charge < -0.3 is 10.1 Å². The highest BCUT2D eigenvalue weighted by atomic mass is 16.6. The topological polar surface area (TPSA) is 64.4 Å². The lowest BCUT2D eigenvalue weighted by molar-refractivity contribution is -0.385. The van der Waals surface area contributed by atoms with E-state index in [0.29, 0.717) is 18.3 Å². The maximum Gasteiger partial charge on any atom is 0.311 e. The number of piperidine rings is 1. The van der Waals surface area contributed by atoms with Crippen molar-refractivity contribution < 1.29 is 9.66 Å². The van der Waals surface area contributed by atoms with Crippen molar-refractivity contribution in [2.45, 2.75) is 32.6 Å². The van der Waals surface area contributed by atoms with E-state index in [-0.39, 0.29) is 10.6 Å². The number of ether oxygens (including phenoxy) is 1. The highest BCUT2D eigenvalue weighted by Crippen LogP contribution is 2.28. The van der Waals surface area contributed by atoms with Crippen molar-refractivity contribution in [2.24, 2.45) is 5.92 Å². The summed E-state index contributed by atoms with van der Waals surface area (Å²) in [6, 6.07) is 5.23. The lowest BCUT2D eigenvalue weighted by Crippen LogP contribution is -2.28. The number of nitro benzene ring substituents is 1. The van der Waals surface area contributed by atoms with Gasteiger partial charge in [0.05, 0.1) is 11.5 Å². The molecule has 0 atom stereocenters. The predicted molar refractivity (Wildman–Crippen MR) is 78.2 cm³/mol. The van der Waals surface area contributed by atoms with Gasteiger partial charge in [0.25, 0.3) is 0 Å². The van der Waals surface area contributed by atoms with Crippen LogP contribution in [0, 0.1) is 16.0 Å². The molecule has 5 nitrogen and oxygen atoms in total. The maximum atomic E-state index is 11.1. The highest BCUT2D eigenvalue weighted by molar-refractivity contribution is 5.48. The molecule has 0 spiro atoms. The Hall–Kier alpha value is -1.62. The number of benzene rings is 1. The molecule has 0 aliphatic carbocycles. The second kappa shape index (κ2) is 7.24. The van der Waals surface area contributed by atoms with Crippen molar-refractivity contribution in [1.29, 1.82) is 0 Å². The van der Waals surface area contributed by atoms with Crippen LogP contribution < -0.4 is 10.1 Å². The van der Waals surface area contributed by atoms with Gasteiger partial charge in [0, 0.05) is 6.07 Å². The Kier molecular flexibility index (Phi) is 5.35. The largest absolute Gasteiger partial charge is 0.487 e. The van der Waals surface area contributed by atoms with Crippen LogP contribution in [0.15, 0.2) is 18.2 Å². The molecule has 20 heavy (non-hydrogen) atoms. The summed E-state index contributed by atoms with van der Waals surface area (Å²) in [6.07, 6.45) is 4.09. The minimum absolute atomic E-state index is 0.0784. The number of nitrogens with zero attached hydrogens (tertiary/aromatic N) is 1. The van der Waals surface area contributed by atoms with Crippen molar-refractivity contribution in [2.75, 3.05) is 19.7 Å².